The highest BCUT2D eigenvalue weighted by atomic mass is 35.5. The van der Waals surface area contributed by atoms with Crippen LogP contribution in [0.15, 0.2) is 18.2 Å². The molecular formula is C8H10ClFSi. The van der Waals surface area contributed by atoms with Crippen molar-refractivity contribution >= 4 is 21.8 Å². The van der Waals surface area contributed by atoms with E-state index in [-0.39, 0.29) is 10.8 Å². The standard InChI is InChI=1S/C8H10ClFSi/c1-5(11)6-3-2-4-7(9)8(6)10/h2-5H,1,11H3. The van der Waals surface area contributed by atoms with E-state index in [1.807, 2.05) is 6.92 Å². The average Bonchev–Trinajstić information content (AvgIpc) is 1.94. The van der Waals surface area contributed by atoms with Gasteiger partial charge in [-0.3, -0.25) is 0 Å². The van der Waals surface area contributed by atoms with E-state index in [0.717, 1.165) is 15.8 Å². The molecule has 11 heavy (non-hydrogen) atoms. The fourth-order valence-corrected chi connectivity index (χ4v) is 1.59. The van der Waals surface area contributed by atoms with E-state index >= 15 is 0 Å². The van der Waals surface area contributed by atoms with Crippen LogP contribution in [0.2, 0.25) is 5.02 Å². The van der Waals surface area contributed by atoms with Crippen molar-refractivity contribution in [1.82, 2.24) is 0 Å². The number of rotatable bonds is 1. The Morgan fingerprint density at radius 3 is 2.64 bits per heavy atom. The van der Waals surface area contributed by atoms with Gasteiger partial charge in [0.05, 0.1) is 5.02 Å². The molecule has 0 amide bonds. The molecule has 60 valence electrons. The van der Waals surface area contributed by atoms with Gasteiger partial charge in [-0.25, -0.2) is 4.39 Å². The van der Waals surface area contributed by atoms with Gasteiger partial charge in [-0.2, -0.15) is 0 Å². The van der Waals surface area contributed by atoms with Gasteiger partial charge in [-0.1, -0.05) is 30.7 Å². The second-order valence-electron chi connectivity index (χ2n) is 2.80. The van der Waals surface area contributed by atoms with Crippen molar-refractivity contribution in [2.75, 3.05) is 0 Å². The normalized spacial score (nSPS) is 13.4. The molecule has 1 atom stereocenters. The zero-order valence-electron chi connectivity index (χ0n) is 6.57. The maximum absolute atomic E-state index is 13.1. The van der Waals surface area contributed by atoms with Crippen molar-refractivity contribution < 1.29 is 4.39 Å². The predicted molar refractivity (Wildman–Crippen MR) is 49.8 cm³/mol. The zero-order valence-corrected chi connectivity index (χ0v) is 9.32. The largest absolute Gasteiger partial charge is 0.205 e. The minimum atomic E-state index is -0.253. The molecule has 0 nitrogen and oxygen atoms in total. The molecule has 0 fully saturated rings. The summed E-state index contributed by atoms with van der Waals surface area (Å²) in [5.74, 6) is -0.253. The Morgan fingerprint density at radius 2 is 2.18 bits per heavy atom. The van der Waals surface area contributed by atoms with E-state index in [1.54, 1.807) is 18.2 Å². The Kier molecular flexibility index (Phi) is 2.68. The summed E-state index contributed by atoms with van der Waals surface area (Å²) in [5.41, 5.74) is 1.07. The van der Waals surface area contributed by atoms with Gasteiger partial charge in [0, 0.05) is 10.2 Å². The molecule has 0 N–H and O–H groups in total. The van der Waals surface area contributed by atoms with E-state index in [9.17, 15) is 4.39 Å². The van der Waals surface area contributed by atoms with Crippen LogP contribution in [-0.4, -0.2) is 10.2 Å². The molecule has 1 aromatic rings. The minimum Gasteiger partial charge on any atom is -0.205 e. The first-order valence-electron chi connectivity index (χ1n) is 3.57. The van der Waals surface area contributed by atoms with Crippen molar-refractivity contribution in [2.45, 2.75) is 12.5 Å². The monoisotopic (exact) mass is 188 g/mol. The van der Waals surface area contributed by atoms with Crippen LogP contribution in [-0.2, 0) is 0 Å². The fourth-order valence-electron chi connectivity index (χ4n) is 0.966. The Balaban J connectivity index is 3.17. The Hall–Kier alpha value is -0.343. The van der Waals surface area contributed by atoms with Crippen molar-refractivity contribution in [2.24, 2.45) is 0 Å². The van der Waals surface area contributed by atoms with E-state index in [1.165, 1.54) is 0 Å². The predicted octanol–water partition coefficient (Wildman–Crippen LogP) is 1.91. The maximum Gasteiger partial charge on any atom is 0.144 e. The summed E-state index contributed by atoms with van der Waals surface area (Å²) in [6.45, 7) is 2.00. The van der Waals surface area contributed by atoms with Crippen LogP contribution >= 0.6 is 11.6 Å². The van der Waals surface area contributed by atoms with Crippen LogP contribution in [0.1, 0.15) is 18.0 Å². The molecular weight excluding hydrogens is 179 g/mol. The molecule has 1 rings (SSSR count). The molecule has 0 aromatic heterocycles. The molecule has 3 heteroatoms. The third-order valence-electron chi connectivity index (χ3n) is 1.60. The Bertz CT molecular complexity index is 260. The molecule has 0 bridgehead atoms. The number of hydrogen-bond donors (Lipinski definition) is 0. The molecule has 1 unspecified atom stereocenters. The fraction of sp³-hybridized carbons (Fsp3) is 0.250. The smallest absolute Gasteiger partial charge is 0.144 e. The Labute approximate surface area is 73.8 Å². The maximum atomic E-state index is 13.1. The summed E-state index contributed by atoms with van der Waals surface area (Å²) in [6, 6.07) is 5.15. The molecule has 0 aliphatic heterocycles. The minimum absolute atomic E-state index is 0.227. The number of hydrogen-bond acceptors (Lipinski definition) is 0. The number of benzene rings is 1. The summed E-state index contributed by atoms with van der Waals surface area (Å²) >= 11 is 5.60. The quantitative estimate of drug-likeness (QED) is 0.591. The summed E-state index contributed by atoms with van der Waals surface area (Å²) in [5, 5.41) is 0.227. The highest BCUT2D eigenvalue weighted by Crippen LogP contribution is 2.22. The van der Waals surface area contributed by atoms with Gasteiger partial charge in [0.25, 0.3) is 0 Å². The van der Waals surface area contributed by atoms with E-state index < -0.39 is 0 Å². The molecule has 0 aliphatic carbocycles. The van der Waals surface area contributed by atoms with Gasteiger partial charge < -0.3 is 0 Å². The second-order valence-corrected chi connectivity index (χ2v) is 4.94. The van der Waals surface area contributed by atoms with Crippen LogP contribution < -0.4 is 0 Å². The zero-order chi connectivity index (χ0) is 8.43. The Morgan fingerprint density at radius 1 is 1.55 bits per heavy atom. The van der Waals surface area contributed by atoms with Crippen molar-refractivity contribution in [3.8, 4) is 0 Å². The van der Waals surface area contributed by atoms with Crippen LogP contribution in [0, 0.1) is 5.82 Å². The van der Waals surface area contributed by atoms with Gasteiger partial charge in [0.15, 0.2) is 0 Å². The van der Waals surface area contributed by atoms with Crippen LogP contribution in [0.25, 0.3) is 0 Å². The second kappa shape index (κ2) is 3.37. The molecule has 0 saturated heterocycles. The van der Waals surface area contributed by atoms with Crippen LogP contribution in [0.3, 0.4) is 0 Å². The molecule has 0 saturated carbocycles. The first kappa shape index (κ1) is 8.75. The van der Waals surface area contributed by atoms with E-state index in [0.29, 0.717) is 5.54 Å². The first-order valence-corrected chi connectivity index (χ1v) is 5.10. The van der Waals surface area contributed by atoms with Crippen LogP contribution in [0.4, 0.5) is 4.39 Å². The van der Waals surface area contributed by atoms with Crippen LogP contribution in [0.5, 0.6) is 0 Å². The highest BCUT2D eigenvalue weighted by Gasteiger charge is 2.08. The van der Waals surface area contributed by atoms with Gasteiger partial charge in [-0.05, 0) is 17.2 Å². The summed E-state index contributed by atoms with van der Waals surface area (Å²) in [7, 11) is 0.954. The van der Waals surface area contributed by atoms with Gasteiger partial charge in [-0.15, -0.1) is 0 Å². The SMILES string of the molecule is CC([SiH3])c1cccc(Cl)c1F. The van der Waals surface area contributed by atoms with E-state index in [4.69, 9.17) is 11.6 Å². The third-order valence-corrected chi connectivity index (χ3v) is 2.52. The van der Waals surface area contributed by atoms with Gasteiger partial charge in [0.1, 0.15) is 5.82 Å². The van der Waals surface area contributed by atoms with E-state index in [2.05, 4.69) is 0 Å². The lowest BCUT2D eigenvalue weighted by Gasteiger charge is -2.06. The lowest BCUT2D eigenvalue weighted by atomic mass is 10.1. The summed E-state index contributed by atoms with van der Waals surface area (Å²) in [4.78, 5) is 0. The lowest BCUT2D eigenvalue weighted by Crippen LogP contribution is -1.96. The molecule has 0 heterocycles. The molecule has 1 aromatic carbocycles. The highest BCUT2D eigenvalue weighted by molar-refractivity contribution is 6.30. The topological polar surface area (TPSA) is 0 Å². The average molecular weight is 189 g/mol. The molecule has 0 aliphatic rings. The van der Waals surface area contributed by atoms with Crippen molar-refractivity contribution in [1.29, 1.82) is 0 Å². The number of halogens is 2. The molecule has 0 spiro atoms. The molecule has 0 radical (unpaired) electrons. The van der Waals surface area contributed by atoms with Crippen molar-refractivity contribution in [3.05, 3.63) is 34.6 Å². The summed E-state index contributed by atoms with van der Waals surface area (Å²) < 4.78 is 13.1. The van der Waals surface area contributed by atoms with Crippen molar-refractivity contribution in [3.63, 3.8) is 0 Å². The summed E-state index contributed by atoms with van der Waals surface area (Å²) in [6.07, 6.45) is 0. The lowest BCUT2D eigenvalue weighted by molar-refractivity contribution is 0.610. The first-order chi connectivity index (χ1) is 5.13. The van der Waals surface area contributed by atoms with Gasteiger partial charge in [0.2, 0.25) is 0 Å². The third kappa shape index (κ3) is 1.82. The van der Waals surface area contributed by atoms with Gasteiger partial charge >= 0.3 is 0 Å².